The molecule has 0 saturated carbocycles. The predicted octanol–water partition coefficient (Wildman–Crippen LogP) is 4.32. The number of aromatic nitrogens is 4. The van der Waals surface area contributed by atoms with Crippen molar-refractivity contribution in [3.8, 4) is 5.75 Å². The van der Waals surface area contributed by atoms with Gasteiger partial charge < -0.3 is 10.1 Å². The van der Waals surface area contributed by atoms with E-state index in [1.807, 2.05) is 24.3 Å². The standard InChI is InChI=1S/C19H19BrF3N5O2/c1-10-15(11(2)28(25-10)9-12-6-5-7-13(8-12)30-4)24-18(29)16-14(20)17(19(21,22)23)27(3)26-16/h5-8H,9H2,1-4H3,(H,24,29). The summed E-state index contributed by atoms with van der Waals surface area (Å²) in [5.74, 6) is -0.0527. The smallest absolute Gasteiger partial charge is 0.434 e. The van der Waals surface area contributed by atoms with Gasteiger partial charge in [-0.3, -0.25) is 14.2 Å². The van der Waals surface area contributed by atoms with Crippen LogP contribution in [0.3, 0.4) is 0 Å². The van der Waals surface area contributed by atoms with Gasteiger partial charge in [0.25, 0.3) is 5.91 Å². The monoisotopic (exact) mass is 485 g/mol. The molecule has 2 aromatic heterocycles. The minimum Gasteiger partial charge on any atom is -0.497 e. The van der Waals surface area contributed by atoms with Crippen LogP contribution in [-0.2, 0) is 19.8 Å². The molecule has 0 aliphatic carbocycles. The maximum atomic E-state index is 13.2. The van der Waals surface area contributed by atoms with Gasteiger partial charge in [0.1, 0.15) is 5.75 Å². The highest BCUT2D eigenvalue weighted by molar-refractivity contribution is 9.10. The Morgan fingerprint density at radius 2 is 1.97 bits per heavy atom. The molecule has 0 spiro atoms. The first-order valence-corrected chi connectivity index (χ1v) is 9.60. The van der Waals surface area contributed by atoms with Crippen LogP contribution in [0.15, 0.2) is 28.7 Å². The average molecular weight is 486 g/mol. The molecule has 0 aliphatic heterocycles. The maximum Gasteiger partial charge on any atom is 0.434 e. The molecule has 11 heteroatoms. The van der Waals surface area contributed by atoms with Gasteiger partial charge in [-0.25, -0.2) is 0 Å². The van der Waals surface area contributed by atoms with Crippen molar-refractivity contribution in [3.63, 3.8) is 0 Å². The molecule has 2 heterocycles. The topological polar surface area (TPSA) is 74.0 Å². The number of benzene rings is 1. The fraction of sp³-hybridized carbons (Fsp3) is 0.316. The Hall–Kier alpha value is -2.82. The fourth-order valence-electron chi connectivity index (χ4n) is 3.10. The summed E-state index contributed by atoms with van der Waals surface area (Å²) >= 11 is 2.86. The van der Waals surface area contributed by atoms with Gasteiger partial charge in [-0.15, -0.1) is 0 Å². The van der Waals surface area contributed by atoms with Crippen molar-refractivity contribution in [2.45, 2.75) is 26.6 Å². The summed E-state index contributed by atoms with van der Waals surface area (Å²) in [5, 5.41) is 10.8. The van der Waals surface area contributed by atoms with E-state index in [0.717, 1.165) is 12.6 Å². The number of anilines is 1. The second-order valence-corrected chi connectivity index (χ2v) is 7.43. The summed E-state index contributed by atoms with van der Waals surface area (Å²) in [6.07, 6.45) is -4.65. The normalized spacial score (nSPS) is 11.6. The first-order chi connectivity index (χ1) is 14.0. The summed E-state index contributed by atoms with van der Waals surface area (Å²) in [7, 11) is 2.71. The number of rotatable bonds is 5. The van der Waals surface area contributed by atoms with Crippen LogP contribution in [0.25, 0.3) is 0 Å². The Bertz CT molecular complexity index is 1100. The van der Waals surface area contributed by atoms with E-state index in [-0.39, 0.29) is 5.69 Å². The largest absolute Gasteiger partial charge is 0.497 e. The zero-order valence-electron chi connectivity index (χ0n) is 16.6. The van der Waals surface area contributed by atoms with Gasteiger partial charge in [0, 0.05) is 7.05 Å². The lowest BCUT2D eigenvalue weighted by Crippen LogP contribution is -2.15. The summed E-state index contributed by atoms with van der Waals surface area (Å²) in [5.41, 5.74) is 1.17. The molecule has 7 nitrogen and oxygen atoms in total. The Morgan fingerprint density at radius 3 is 2.57 bits per heavy atom. The predicted molar refractivity (Wildman–Crippen MR) is 108 cm³/mol. The number of carbonyl (C=O) groups is 1. The highest BCUT2D eigenvalue weighted by Crippen LogP contribution is 2.36. The van der Waals surface area contributed by atoms with Crippen molar-refractivity contribution >= 4 is 27.5 Å². The van der Waals surface area contributed by atoms with Crippen LogP contribution in [0, 0.1) is 13.8 Å². The van der Waals surface area contributed by atoms with E-state index < -0.39 is 22.3 Å². The fourth-order valence-corrected chi connectivity index (χ4v) is 3.84. The molecule has 0 unspecified atom stereocenters. The van der Waals surface area contributed by atoms with Crippen LogP contribution in [-0.4, -0.2) is 32.6 Å². The lowest BCUT2D eigenvalue weighted by molar-refractivity contribution is -0.144. The van der Waals surface area contributed by atoms with E-state index in [1.165, 1.54) is 0 Å². The van der Waals surface area contributed by atoms with Gasteiger partial charge in [-0.2, -0.15) is 23.4 Å². The van der Waals surface area contributed by atoms with E-state index >= 15 is 0 Å². The van der Waals surface area contributed by atoms with E-state index in [9.17, 15) is 18.0 Å². The molecular formula is C19H19BrF3N5O2. The third-order valence-corrected chi connectivity index (χ3v) is 5.31. The Kier molecular flexibility index (Phi) is 5.93. The molecule has 3 aromatic rings. The third kappa shape index (κ3) is 4.20. The van der Waals surface area contributed by atoms with Crippen LogP contribution in [0.4, 0.5) is 18.9 Å². The molecule has 3 rings (SSSR count). The SMILES string of the molecule is COc1cccc(Cn2nc(C)c(NC(=O)c3nn(C)c(C(F)(F)F)c3Br)c2C)c1. The molecule has 1 aromatic carbocycles. The number of carbonyl (C=O) groups excluding carboxylic acids is 1. The lowest BCUT2D eigenvalue weighted by atomic mass is 10.2. The zero-order chi connectivity index (χ0) is 22.2. The van der Waals surface area contributed by atoms with E-state index in [1.54, 1.807) is 25.6 Å². The second kappa shape index (κ2) is 8.13. The molecule has 30 heavy (non-hydrogen) atoms. The van der Waals surface area contributed by atoms with Crippen LogP contribution < -0.4 is 10.1 Å². The number of ether oxygens (including phenoxy) is 1. The minimum absolute atomic E-state index is 0.357. The number of hydrogen-bond acceptors (Lipinski definition) is 4. The first kappa shape index (κ1) is 21.9. The van der Waals surface area contributed by atoms with Crippen LogP contribution in [0.5, 0.6) is 5.75 Å². The quantitative estimate of drug-likeness (QED) is 0.583. The van der Waals surface area contributed by atoms with Gasteiger partial charge in [0.15, 0.2) is 11.4 Å². The number of amides is 1. The molecule has 160 valence electrons. The van der Waals surface area contributed by atoms with Gasteiger partial charge in [0.05, 0.1) is 35.2 Å². The number of aryl methyl sites for hydroxylation is 2. The summed E-state index contributed by atoms with van der Waals surface area (Å²) in [4.78, 5) is 12.6. The van der Waals surface area contributed by atoms with Crippen molar-refractivity contribution < 1.29 is 22.7 Å². The molecular weight excluding hydrogens is 467 g/mol. The summed E-state index contributed by atoms with van der Waals surface area (Å²) in [6, 6.07) is 7.48. The number of nitrogens with one attached hydrogen (secondary N) is 1. The number of nitrogens with zero attached hydrogens (tertiary/aromatic N) is 4. The number of methoxy groups -OCH3 is 1. The van der Waals surface area contributed by atoms with Crippen molar-refractivity contribution in [3.05, 3.63) is 57.1 Å². The zero-order valence-corrected chi connectivity index (χ0v) is 18.2. The molecule has 0 aliphatic rings. The molecule has 0 atom stereocenters. The number of halogens is 4. The summed E-state index contributed by atoms with van der Waals surface area (Å²) < 4.78 is 46.6. The average Bonchev–Trinajstić information content (AvgIpc) is 3.11. The number of alkyl halides is 3. The minimum atomic E-state index is -4.65. The van der Waals surface area contributed by atoms with Crippen molar-refractivity contribution in [2.24, 2.45) is 7.05 Å². The Balaban J connectivity index is 1.87. The van der Waals surface area contributed by atoms with Gasteiger partial charge in [0.2, 0.25) is 0 Å². The van der Waals surface area contributed by atoms with Crippen molar-refractivity contribution in [1.29, 1.82) is 0 Å². The van der Waals surface area contributed by atoms with E-state index in [4.69, 9.17) is 4.74 Å². The van der Waals surface area contributed by atoms with Gasteiger partial charge in [-0.05, 0) is 47.5 Å². The molecule has 1 amide bonds. The molecule has 0 radical (unpaired) electrons. The highest BCUT2D eigenvalue weighted by atomic mass is 79.9. The summed E-state index contributed by atoms with van der Waals surface area (Å²) in [6.45, 7) is 3.91. The van der Waals surface area contributed by atoms with Crippen LogP contribution in [0.1, 0.15) is 33.1 Å². The van der Waals surface area contributed by atoms with Gasteiger partial charge in [-0.1, -0.05) is 12.1 Å². The van der Waals surface area contributed by atoms with Crippen LogP contribution in [0.2, 0.25) is 0 Å². The first-order valence-electron chi connectivity index (χ1n) is 8.81. The van der Waals surface area contributed by atoms with Crippen LogP contribution >= 0.6 is 15.9 Å². The second-order valence-electron chi connectivity index (χ2n) is 6.64. The molecule has 0 fully saturated rings. The molecule has 0 bridgehead atoms. The highest BCUT2D eigenvalue weighted by Gasteiger charge is 2.39. The van der Waals surface area contributed by atoms with E-state index in [2.05, 4.69) is 31.4 Å². The third-order valence-electron chi connectivity index (χ3n) is 4.56. The maximum absolute atomic E-state index is 13.2. The lowest BCUT2D eigenvalue weighted by Gasteiger charge is -2.08. The van der Waals surface area contributed by atoms with Crippen molar-refractivity contribution in [2.75, 3.05) is 12.4 Å². The molecule has 0 saturated heterocycles. The van der Waals surface area contributed by atoms with E-state index in [0.29, 0.717) is 34.1 Å². The number of hydrogen-bond donors (Lipinski definition) is 1. The molecule has 1 N–H and O–H groups in total. The van der Waals surface area contributed by atoms with Gasteiger partial charge >= 0.3 is 6.18 Å². The van der Waals surface area contributed by atoms with Crippen molar-refractivity contribution in [1.82, 2.24) is 19.6 Å². The Morgan fingerprint density at radius 1 is 1.27 bits per heavy atom. The Labute approximate surface area is 179 Å².